The fraction of sp³-hybridized carbons (Fsp3) is 0.0909. The summed E-state index contributed by atoms with van der Waals surface area (Å²) < 4.78 is 44.4. The molecule has 0 aliphatic rings. The van der Waals surface area contributed by atoms with Gasteiger partial charge in [0, 0.05) is 36.8 Å². The van der Waals surface area contributed by atoms with Crippen LogP contribution >= 0.6 is 0 Å². The van der Waals surface area contributed by atoms with Crippen molar-refractivity contribution in [3.63, 3.8) is 0 Å². The summed E-state index contributed by atoms with van der Waals surface area (Å²) in [6, 6.07) is 17.9. The van der Waals surface area contributed by atoms with Crippen molar-refractivity contribution in [1.29, 1.82) is 0 Å². The molecule has 0 bridgehead atoms. The van der Waals surface area contributed by atoms with E-state index in [1.54, 1.807) is 42.7 Å². The molecular formula is C22H16F3N3O. The fourth-order valence-corrected chi connectivity index (χ4v) is 2.87. The van der Waals surface area contributed by atoms with E-state index in [1.165, 1.54) is 6.07 Å². The van der Waals surface area contributed by atoms with Crippen LogP contribution in [-0.4, -0.2) is 9.97 Å². The maximum atomic E-state index is 12.8. The molecule has 1 aromatic heterocycles. The average molecular weight is 395 g/mol. The Morgan fingerprint density at radius 2 is 1.55 bits per heavy atom. The first-order valence-corrected chi connectivity index (χ1v) is 8.86. The zero-order valence-corrected chi connectivity index (χ0v) is 15.1. The van der Waals surface area contributed by atoms with Crippen molar-refractivity contribution in [3.8, 4) is 11.5 Å². The molecule has 7 heteroatoms. The van der Waals surface area contributed by atoms with E-state index < -0.39 is 11.7 Å². The molecule has 1 N–H and O–H groups in total. The standard InChI is InChI=1S/C22H16F3N3O/c23-22(24,25)16-4-1-3-15(11-16)14-28-17-5-2-6-18(12-17)29-19-7-8-20-21(13-19)27-10-9-26-20/h1-13,28H,14H2. The van der Waals surface area contributed by atoms with Gasteiger partial charge in [0.1, 0.15) is 11.5 Å². The van der Waals surface area contributed by atoms with E-state index in [2.05, 4.69) is 15.3 Å². The fourth-order valence-electron chi connectivity index (χ4n) is 2.87. The van der Waals surface area contributed by atoms with Gasteiger partial charge >= 0.3 is 6.18 Å². The number of aromatic nitrogens is 2. The second kappa shape index (κ2) is 7.79. The number of rotatable bonds is 5. The molecule has 0 aliphatic carbocycles. The second-order valence-electron chi connectivity index (χ2n) is 6.39. The van der Waals surface area contributed by atoms with E-state index in [-0.39, 0.29) is 6.54 Å². The number of alkyl halides is 3. The Balaban J connectivity index is 1.46. The predicted octanol–water partition coefficient (Wildman–Crippen LogP) is 6.05. The minimum absolute atomic E-state index is 0.263. The Bertz CT molecular complexity index is 1150. The first-order chi connectivity index (χ1) is 14.0. The minimum atomic E-state index is -4.35. The van der Waals surface area contributed by atoms with Gasteiger partial charge in [-0.05, 0) is 42.0 Å². The van der Waals surface area contributed by atoms with Crippen LogP contribution in [0.4, 0.5) is 18.9 Å². The SMILES string of the molecule is FC(F)(F)c1cccc(CNc2cccc(Oc3ccc4nccnc4c3)c2)c1. The Kier molecular flexibility index (Phi) is 5.03. The van der Waals surface area contributed by atoms with E-state index in [4.69, 9.17) is 4.74 Å². The van der Waals surface area contributed by atoms with Gasteiger partial charge in [-0.1, -0.05) is 18.2 Å². The molecule has 4 nitrogen and oxygen atoms in total. The zero-order valence-electron chi connectivity index (χ0n) is 15.1. The highest BCUT2D eigenvalue weighted by Crippen LogP contribution is 2.30. The van der Waals surface area contributed by atoms with Crippen LogP contribution in [0.25, 0.3) is 11.0 Å². The van der Waals surface area contributed by atoms with Crippen molar-refractivity contribution in [2.75, 3.05) is 5.32 Å². The highest BCUT2D eigenvalue weighted by molar-refractivity contribution is 5.75. The van der Waals surface area contributed by atoms with Crippen LogP contribution in [0.5, 0.6) is 11.5 Å². The van der Waals surface area contributed by atoms with Gasteiger partial charge in [-0.3, -0.25) is 9.97 Å². The zero-order chi connectivity index (χ0) is 20.3. The third kappa shape index (κ3) is 4.63. The number of hydrogen-bond donors (Lipinski definition) is 1. The van der Waals surface area contributed by atoms with Crippen LogP contribution in [0.3, 0.4) is 0 Å². The Morgan fingerprint density at radius 3 is 2.38 bits per heavy atom. The van der Waals surface area contributed by atoms with Gasteiger partial charge in [-0.2, -0.15) is 13.2 Å². The van der Waals surface area contributed by atoms with Crippen molar-refractivity contribution in [2.45, 2.75) is 12.7 Å². The molecule has 0 amide bonds. The summed E-state index contributed by atoms with van der Waals surface area (Å²) in [5.41, 5.74) is 2.12. The summed E-state index contributed by atoms with van der Waals surface area (Å²) in [4.78, 5) is 8.47. The first kappa shape index (κ1) is 18.7. The summed E-state index contributed by atoms with van der Waals surface area (Å²) >= 11 is 0. The minimum Gasteiger partial charge on any atom is -0.457 e. The van der Waals surface area contributed by atoms with Crippen molar-refractivity contribution in [1.82, 2.24) is 9.97 Å². The number of halogens is 3. The van der Waals surface area contributed by atoms with Crippen LogP contribution in [-0.2, 0) is 12.7 Å². The lowest BCUT2D eigenvalue weighted by Crippen LogP contribution is -2.06. The summed E-state index contributed by atoms with van der Waals surface area (Å²) in [5.74, 6) is 1.22. The predicted molar refractivity (Wildman–Crippen MR) is 105 cm³/mol. The third-order valence-corrected chi connectivity index (χ3v) is 4.26. The summed E-state index contributed by atoms with van der Waals surface area (Å²) in [5, 5.41) is 3.13. The molecule has 146 valence electrons. The van der Waals surface area contributed by atoms with Gasteiger partial charge in [0.25, 0.3) is 0 Å². The van der Waals surface area contributed by atoms with Crippen LogP contribution in [0.2, 0.25) is 0 Å². The Morgan fingerprint density at radius 1 is 0.793 bits per heavy atom. The van der Waals surface area contributed by atoms with Crippen LogP contribution in [0, 0.1) is 0 Å². The number of anilines is 1. The molecule has 0 fully saturated rings. The number of nitrogens with zero attached hydrogens (tertiary/aromatic N) is 2. The average Bonchev–Trinajstić information content (AvgIpc) is 2.72. The van der Waals surface area contributed by atoms with Gasteiger partial charge < -0.3 is 10.1 Å². The Hall–Kier alpha value is -3.61. The van der Waals surface area contributed by atoms with E-state index in [9.17, 15) is 13.2 Å². The Labute approximate surface area is 165 Å². The van der Waals surface area contributed by atoms with Crippen LogP contribution in [0.15, 0.2) is 79.1 Å². The lowest BCUT2D eigenvalue weighted by Gasteiger charge is -2.12. The molecular weight excluding hydrogens is 379 g/mol. The molecule has 4 aromatic rings. The van der Waals surface area contributed by atoms with E-state index in [0.717, 1.165) is 28.9 Å². The third-order valence-electron chi connectivity index (χ3n) is 4.26. The molecule has 0 spiro atoms. The largest absolute Gasteiger partial charge is 0.457 e. The molecule has 0 aliphatic heterocycles. The second-order valence-corrected chi connectivity index (χ2v) is 6.39. The van der Waals surface area contributed by atoms with Crippen LogP contribution < -0.4 is 10.1 Å². The number of fused-ring (bicyclic) bond motifs is 1. The molecule has 0 unspecified atom stereocenters. The molecule has 1 heterocycles. The van der Waals surface area contributed by atoms with Crippen molar-refractivity contribution < 1.29 is 17.9 Å². The number of benzene rings is 3. The first-order valence-electron chi connectivity index (χ1n) is 8.86. The topological polar surface area (TPSA) is 47.0 Å². The van der Waals surface area contributed by atoms with Gasteiger partial charge in [-0.25, -0.2) is 0 Å². The maximum Gasteiger partial charge on any atom is 0.416 e. The van der Waals surface area contributed by atoms with Crippen LogP contribution in [0.1, 0.15) is 11.1 Å². The maximum absolute atomic E-state index is 12.8. The van der Waals surface area contributed by atoms with Crippen molar-refractivity contribution in [2.24, 2.45) is 0 Å². The summed E-state index contributed by atoms with van der Waals surface area (Å²) in [6.45, 7) is 0.263. The summed E-state index contributed by atoms with van der Waals surface area (Å²) in [7, 11) is 0. The number of hydrogen-bond acceptors (Lipinski definition) is 4. The lowest BCUT2D eigenvalue weighted by atomic mass is 10.1. The lowest BCUT2D eigenvalue weighted by molar-refractivity contribution is -0.137. The van der Waals surface area contributed by atoms with E-state index in [0.29, 0.717) is 17.1 Å². The molecule has 4 rings (SSSR count). The van der Waals surface area contributed by atoms with Gasteiger partial charge in [0.2, 0.25) is 0 Å². The van der Waals surface area contributed by atoms with E-state index in [1.807, 2.05) is 18.2 Å². The van der Waals surface area contributed by atoms with Crippen molar-refractivity contribution >= 4 is 16.7 Å². The summed E-state index contributed by atoms with van der Waals surface area (Å²) in [6.07, 6.45) is -1.11. The normalized spacial score (nSPS) is 11.4. The number of nitrogens with one attached hydrogen (secondary N) is 1. The molecule has 0 saturated heterocycles. The molecule has 29 heavy (non-hydrogen) atoms. The van der Waals surface area contributed by atoms with Crippen molar-refractivity contribution in [3.05, 3.63) is 90.3 Å². The number of ether oxygens (including phenoxy) is 1. The molecule has 3 aromatic carbocycles. The monoisotopic (exact) mass is 395 g/mol. The highest BCUT2D eigenvalue weighted by atomic mass is 19.4. The smallest absolute Gasteiger partial charge is 0.416 e. The van der Waals surface area contributed by atoms with E-state index >= 15 is 0 Å². The quantitative estimate of drug-likeness (QED) is 0.447. The van der Waals surface area contributed by atoms with Gasteiger partial charge in [-0.15, -0.1) is 0 Å². The molecule has 0 radical (unpaired) electrons. The molecule has 0 atom stereocenters. The van der Waals surface area contributed by atoms with Gasteiger partial charge in [0.15, 0.2) is 0 Å². The van der Waals surface area contributed by atoms with Gasteiger partial charge in [0.05, 0.1) is 16.6 Å². The highest BCUT2D eigenvalue weighted by Gasteiger charge is 2.30. The molecule has 0 saturated carbocycles.